The molecule has 1 aliphatic rings. The second-order valence-corrected chi connectivity index (χ2v) is 7.28. The SMILES string of the molecule is Cn1c(CC(N)C2(C)CCCS2)nc2ccccc21. The summed E-state index contributed by atoms with van der Waals surface area (Å²) in [6.45, 7) is 2.30. The minimum atomic E-state index is 0.176. The van der Waals surface area contributed by atoms with Gasteiger partial charge < -0.3 is 10.3 Å². The summed E-state index contributed by atoms with van der Waals surface area (Å²) in [5.41, 5.74) is 8.72. The predicted octanol–water partition coefficient (Wildman–Crippen LogP) is 2.73. The van der Waals surface area contributed by atoms with Crippen molar-refractivity contribution in [3.8, 4) is 0 Å². The van der Waals surface area contributed by atoms with Gasteiger partial charge in [-0.2, -0.15) is 11.8 Å². The fourth-order valence-electron chi connectivity index (χ4n) is 2.88. The zero-order valence-corrected chi connectivity index (χ0v) is 12.4. The van der Waals surface area contributed by atoms with Gasteiger partial charge in [-0.25, -0.2) is 4.98 Å². The molecule has 0 amide bonds. The number of hydrogen-bond donors (Lipinski definition) is 1. The Morgan fingerprint density at radius 1 is 1.47 bits per heavy atom. The summed E-state index contributed by atoms with van der Waals surface area (Å²) < 4.78 is 2.40. The number of para-hydroxylation sites is 2. The second-order valence-electron chi connectivity index (χ2n) is 5.65. The Kier molecular flexibility index (Phi) is 3.31. The van der Waals surface area contributed by atoms with Crippen molar-refractivity contribution in [1.82, 2.24) is 9.55 Å². The van der Waals surface area contributed by atoms with E-state index in [2.05, 4.69) is 36.7 Å². The molecule has 0 radical (unpaired) electrons. The average molecular weight is 275 g/mol. The Hall–Kier alpha value is -1.00. The lowest BCUT2D eigenvalue weighted by Crippen LogP contribution is -2.43. The summed E-state index contributed by atoms with van der Waals surface area (Å²) in [6, 6.07) is 8.45. The van der Waals surface area contributed by atoms with Crippen LogP contribution in [0.5, 0.6) is 0 Å². The van der Waals surface area contributed by atoms with Gasteiger partial charge in [-0.15, -0.1) is 0 Å². The maximum absolute atomic E-state index is 6.46. The van der Waals surface area contributed by atoms with Gasteiger partial charge in [-0.3, -0.25) is 0 Å². The van der Waals surface area contributed by atoms with E-state index in [-0.39, 0.29) is 10.8 Å². The Morgan fingerprint density at radius 3 is 2.95 bits per heavy atom. The number of rotatable bonds is 3. The molecule has 2 aromatic rings. The fraction of sp³-hybridized carbons (Fsp3) is 0.533. The molecule has 2 N–H and O–H groups in total. The smallest absolute Gasteiger partial charge is 0.111 e. The number of nitrogens with zero attached hydrogens (tertiary/aromatic N) is 2. The highest BCUT2D eigenvalue weighted by Crippen LogP contribution is 2.40. The molecule has 1 aromatic heterocycles. The standard InChI is InChI=1S/C15H21N3S/c1-15(8-5-9-19-15)13(16)10-14-17-11-6-3-4-7-12(11)18(14)2/h3-4,6-7,13H,5,8-10,16H2,1-2H3. The Morgan fingerprint density at radius 2 is 2.26 bits per heavy atom. The first-order chi connectivity index (χ1) is 9.10. The number of aromatic nitrogens is 2. The summed E-state index contributed by atoms with van der Waals surface area (Å²) >= 11 is 2.02. The molecule has 1 aromatic carbocycles. The summed E-state index contributed by atoms with van der Waals surface area (Å²) in [7, 11) is 2.08. The summed E-state index contributed by atoms with van der Waals surface area (Å²) in [6.07, 6.45) is 3.37. The lowest BCUT2D eigenvalue weighted by molar-refractivity contribution is 0.471. The molecule has 0 aliphatic carbocycles. The molecule has 4 heteroatoms. The normalized spacial score (nSPS) is 25.0. The molecule has 1 fully saturated rings. The van der Waals surface area contributed by atoms with Crippen LogP contribution in [0, 0.1) is 0 Å². The van der Waals surface area contributed by atoms with Gasteiger partial charge in [0.15, 0.2) is 0 Å². The molecule has 0 spiro atoms. The number of hydrogen-bond acceptors (Lipinski definition) is 3. The second kappa shape index (κ2) is 4.84. The van der Waals surface area contributed by atoms with Crippen LogP contribution in [-0.4, -0.2) is 26.1 Å². The summed E-state index contributed by atoms with van der Waals surface area (Å²) in [5, 5.41) is 0. The van der Waals surface area contributed by atoms with E-state index in [1.807, 2.05) is 17.8 Å². The van der Waals surface area contributed by atoms with Gasteiger partial charge in [0.25, 0.3) is 0 Å². The van der Waals surface area contributed by atoms with Crippen molar-refractivity contribution in [3.63, 3.8) is 0 Å². The van der Waals surface area contributed by atoms with Gasteiger partial charge >= 0.3 is 0 Å². The topological polar surface area (TPSA) is 43.8 Å². The predicted molar refractivity (Wildman–Crippen MR) is 82.5 cm³/mol. The Bertz CT molecular complexity index is 584. The zero-order valence-electron chi connectivity index (χ0n) is 11.6. The molecule has 19 heavy (non-hydrogen) atoms. The molecule has 1 aliphatic heterocycles. The van der Waals surface area contributed by atoms with Crippen LogP contribution in [0.2, 0.25) is 0 Å². The lowest BCUT2D eigenvalue weighted by Gasteiger charge is -2.30. The first-order valence-corrected chi connectivity index (χ1v) is 7.88. The number of aryl methyl sites for hydroxylation is 1. The van der Waals surface area contributed by atoms with E-state index in [4.69, 9.17) is 10.7 Å². The van der Waals surface area contributed by atoms with Crippen molar-refractivity contribution >= 4 is 22.8 Å². The van der Waals surface area contributed by atoms with Gasteiger partial charge in [-0.05, 0) is 37.7 Å². The third-order valence-electron chi connectivity index (χ3n) is 4.32. The van der Waals surface area contributed by atoms with Crippen LogP contribution in [0.4, 0.5) is 0 Å². The van der Waals surface area contributed by atoms with Gasteiger partial charge in [0.05, 0.1) is 11.0 Å². The molecule has 3 nitrogen and oxygen atoms in total. The van der Waals surface area contributed by atoms with Gasteiger partial charge in [0, 0.05) is 24.3 Å². The summed E-state index contributed by atoms with van der Waals surface area (Å²) in [5.74, 6) is 2.34. The molecule has 1 saturated heterocycles. The number of nitrogens with two attached hydrogens (primary N) is 1. The van der Waals surface area contributed by atoms with E-state index in [0.29, 0.717) is 0 Å². The molecule has 0 saturated carbocycles. The van der Waals surface area contributed by atoms with E-state index < -0.39 is 0 Å². The van der Waals surface area contributed by atoms with Crippen molar-refractivity contribution in [3.05, 3.63) is 30.1 Å². The van der Waals surface area contributed by atoms with E-state index in [9.17, 15) is 0 Å². The maximum Gasteiger partial charge on any atom is 0.111 e. The van der Waals surface area contributed by atoms with Crippen molar-refractivity contribution < 1.29 is 0 Å². The largest absolute Gasteiger partial charge is 0.331 e. The Labute approximate surface area is 118 Å². The molecular formula is C15H21N3S. The first-order valence-electron chi connectivity index (χ1n) is 6.90. The van der Waals surface area contributed by atoms with E-state index >= 15 is 0 Å². The summed E-state index contributed by atoms with van der Waals surface area (Å²) in [4.78, 5) is 4.73. The van der Waals surface area contributed by atoms with Crippen molar-refractivity contribution in [1.29, 1.82) is 0 Å². The molecule has 102 valence electrons. The highest BCUT2D eigenvalue weighted by Gasteiger charge is 2.36. The van der Waals surface area contributed by atoms with E-state index in [0.717, 1.165) is 17.8 Å². The third-order valence-corrected chi connectivity index (χ3v) is 5.98. The van der Waals surface area contributed by atoms with Crippen molar-refractivity contribution in [2.24, 2.45) is 12.8 Å². The van der Waals surface area contributed by atoms with Gasteiger partial charge in [-0.1, -0.05) is 12.1 Å². The third kappa shape index (κ3) is 2.28. The number of benzene rings is 1. The highest BCUT2D eigenvalue weighted by molar-refractivity contribution is 8.00. The van der Waals surface area contributed by atoms with Crippen molar-refractivity contribution in [2.45, 2.75) is 37.0 Å². The molecule has 2 unspecified atom stereocenters. The molecule has 2 atom stereocenters. The minimum Gasteiger partial charge on any atom is -0.331 e. The van der Waals surface area contributed by atoms with E-state index in [1.165, 1.54) is 24.1 Å². The Balaban J connectivity index is 1.87. The van der Waals surface area contributed by atoms with Crippen LogP contribution in [0.25, 0.3) is 11.0 Å². The quantitative estimate of drug-likeness (QED) is 0.936. The van der Waals surface area contributed by atoms with Crippen molar-refractivity contribution in [2.75, 3.05) is 5.75 Å². The monoisotopic (exact) mass is 275 g/mol. The highest BCUT2D eigenvalue weighted by atomic mass is 32.2. The van der Waals surface area contributed by atoms with Crippen LogP contribution < -0.4 is 5.73 Å². The van der Waals surface area contributed by atoms with Crippen LogP contribution in [0.15, 0.2) is 24.3 Å². The van der Waals surface area contributed by atoms with E-state index in [1.54, 1.807) is 0 Å². The van der Waals surface area contributed by atoms with Gasteiger partial charge in [0.2, 0.25) is 0 Å². The van der Waals surface area contributed by atoms with Crippen LogP contribution >= 0.6 is 11.8 Å². The zero-order chi connectivity index (χ0) is 13.5. The molecule has 0 bridgehead atoms. The minimum absolute atomic E-state index is 0.176. The molecular weight excluding hydrogens is 254 g/mol. The maximum atomic E-state index is 6.46. The van der Waals surface area contributed by atoms with Crippen LogP contribution in [0.1, 0.15) is 25.6 Å². The van der Waals surface area contributed by atoms with Gasteiger partial charge in [0.1, 0.15) is 5.82 Å². The molecule has 3 rings (SSSR count). The average Bonchev–Trinajstić information content (AvgIpc) is 2.97. The lowest BCUT2D eigenvalue weighted by atomic mass is 9.94. The fourth-order valence-corrected chi connectivity index (χ4v) is 4.22. The van der Waals surface area contributed by atoms with Crippen LogP contribution in [-0.2, 0) is 13.5 Å². The molecule has 2 heterocycles. The number of thioether (sulfide) groups is 1. The van der Waals surface area contributed by atoms with Crippen LogP contribution in [0.3, 0.4) is 0 Å². The number of imidazole rings is 1. The number of fused-ring (bicyclic) bond motifs is 1. The first kappa shape index (κ1) is 13.0.